The van der Waals surface area contributed by atoms with Crippen molar-refractivity contribution in [2.75, 3.05) is 0 Å². The first-order valence-corrected chi connectivity index (χ1v) is 5.63. The summed E-state index contributed by atoms with van der Waals surface area (Å²) >= 11 is 0. The highest BCUT2D eigenvalue weighted by Crippen LogP contribution is 2.21. The van der Waals surface area contributed by atoms with Crippen LogP contribution in [0.4, 0.5) is 0 Å². The van der Waals surface area contributed by atoms with Crippen LogP contribution in [0.2, 0.25) is 0 Å². The normalized spacial score (nSPS) is 19.4. The lowest BCUT2D eigenvalue weighted by molar-refractivity contribution is -0.114. The maximum absolute atomic E-state index is 11.0. The maximum Gasteiger partial charge on any atom is 0.159 e. The number of rotatable bonds is 3. The van der Waals surface area contributed by atoms with E-state index in [9.17, 15) is 4.79 Å². The Hall–Kier alpha value is -1.57. The van der Waals surface area contributed by atoms with Crippen molar-refractivity contribution in [3.63, 3.8) is 0 Å². The summed E-state index contributed by atoms with van der Waals surface area (Å²) < 4.78 is 5.67. The Kier molecular flexibility index (Phi) is 3.09. The van der Waals surface area contributed by atoms with Gasteiger partial charge in [0.25, 0.3) is 0 Å². The van der Waals surface area contributed by atoms with Crippen molar-refractivity contribution in [2.24, 2.45) is 0 Å². The van der Waals surface area contributed by atoms with Crippen LogP contribution in [0.3, 0.4) is 0 Å². The second-order valence-electron chi connectivity index (χ2n) is 4.41. The van der Waals surface area contributed by atoms with Gasteiger partial charge in [0.15, 0.2) is 5.78 Å². The second kappa shape index (κ2) is 4.52. The lowest BCUT2D eigenvalue weighted by atomic mass is 10.0. The van der Waals surface area contributed by atoms with Crippen LogP contribution < -0.4 is 4.74 Å². The predicted octanol–water partition coefficient (Wildman–Crippen LogP) is 3.09. The Balaban J connectivity index is 2.00. The van der Waals surface area contributed by atoms with E-state index in [1.807, 2.05) is 18.2 Å². The summed E-state index contributed by atoms with van der Waals surface area (Å²) in [7, 11) is 0. The molecule has 0 radical (unpaired) electrons. The van der Waals surface area contributed by atoms with Crippen molar-refractivity contribution in [1.82, 2.24) is 0 Å². The molecule has 84 valence electrons. The van der Waals surface area contributed by atoms with Gasteiger partial charge in [-0.2, -0.15) is 0 Å². The Bertz CT molecular complexity index is 401. The molecule has 1 aliphatic carbocycles. The van der Waals surface area contributed by atoms with Gasteiger partial charge in [0.1, 0.15) is 11.9 Å². The molecule has 0 heterocycles. The van der Waals surface area contributed by atoms with Gasteiger partial charge in [-0.25, -0.2) is 0 Å². The molecule has 1 aromatic carbocycles. The lowest BCUT2D eigenvalue weighted by Crippen LogP contribution is -2.11. The molecular formula is C14H16O2. The van der Waals surface area contributed by atoms with Crippen molar-refractivity contribution in [2.45, 2.75) is 32.3 Å². The average molecular weight is 216 g/mol. The molecular weight excluding hydrogens is 200 g/mol. The molecule has 2 rings (SSSR count). The first-order valence-electron chi connectivity index (χ1n) is 5.63. The van der Waals surface area contributed by atoms with E-state index in [4.69, 9.17) is 4.74 Å². The third kappa shape index (κ3) is 2.51. The van der Waals surface area contributed by atoms with Crippen molar-refractivity contribution < 1.29 is 9.53 Å². The SMILES string of the molecule is CC(C)c1ccc(O[C@H]2C=CC(=O)C2)cc1. The van der Waals surface area contributed by atoms with Crippen LogP contribution in [0, 0.1) is 0 Å². The van der Waals surface area contributed by atoms with E-state index in [0.29, 0.717) is 12.3 Å². The van der Waals surface area contributed by atoms with Crippen LogP contribution in [0.1, 0.15) is 31.7 Å². The predicted molar refractivity (Wildman–Crippen MR) is 63.7 cm³/mol. The molecule has 0 bridgehead atoms. The van der Waals surface area contributed by atoms with Crippen LogP contribution >= 0.6 is 0 Å². The fraction of sp³-hybridized carbons (Fsp3) is 0.357. The highest BCUT2D eigenvalue weighted by Gasteiger charge is 2.17. The molecule has 0 unspecified atom stereocenters. The first-order chi connectivity index (χ1) is 7.65. The number of benzene rings is 1. The Morgan fingerprint density at radius 2 is 1.94 bits per heavy atom. The number of carbonyl (C=O) groups is 1. The summed E-state index contributed by atoms with van der Waals surface area (Å²) in [5.41, 5.74) is 1.30. The van der Waals surface area contributed by atoms with Gasteiger partial charge in [0.05, 0.1) is 6.42 Å². The summed E-state index contributed by atoms with van der Waals surface area (Å²) in [5.74, 6) is 1.50. The molecule has 2 nitrogen and oxygen atoms in total. The minimum Gasteiger partial charge on any atom is -0.486 e. The molecule has 0 saturated heterocycles. The van der Waals surface area contributed by atoms with Gasteiger partial charge in [-0.15, -0.1) is 0 Å². The van der Waals surface area contributed by atoms with Gasteiger partial charge >= 0.3 is 0 Å². The molecule has 0 N–H and O–H groups in total. The molecule has 0 saturated carbocycles. The largest absolute Gasteiger partial charge is 0.486 e. The summed E-state index contributed by atoms with van der Waals surface area (Å²) in [6.07, 6.45) is 3.79. The minimum atomic E-state index is -0.0857. The van der Waals surface area contributed by atoms with Crippen LogP contribution in [-0.4, -0.2) is 11.9 Å². The van der Waals surface area contributed by atoms with Crippen molar-refractivity contribution in [1.29, 1.82) is 0 Å². The smallest absolute Gasteiger partial charge is 0.159 e. The van der Waals surface area contributed by atoms with Gasteiger partial charge in [0.2, 0.25) is 0 Å². The van der Waals surface area contributed by atoms with Gasteiger partial charge in [-0.1, -0.05) is 26.0 Å². The van der Waals surface area contributed by atoms with Crippen LogP contribution in [0.25, 0.3) is 0 Å². The van der Waals surface area contributed by atoms with Crippen LogP contribution in [-0.2, 0) is 4.79 Å². The van der Waals surface area contributed by atoms with E-state index in [0.717, 1.165) is 5.75 Å². The van der Waals surface area contributed by atoms with E-state index < -0.39 is 0 Å². The number of ketones is 1. The molecule has 0 fully saturated rings. The van der Waals surface area contributed by atoms with E-state index in [-0.39, 0.29) is 11.9 Å². The maximum atomic E-state index is 11.0. The minimum absolute atomic E-state index is 0.0857. The van der Waals surface area contributed by atoms with Crippen LogP contribution in [0.5, 0.6) is 5.75 Å². The number of ether oxygens (including phenoxy) is 1. The molecule has 0 spiro atoms. The third-order valence-corrected chi connectivity index (χ3v) is 2.73. The van der Waals surface area contributed by atoms with Gasteiger partial charge in [0, 0.05) is 0 Å². The van der Waals surface area contributed by atoms with Gasteiger partial charge < -0.3 is 4.74 Å². The number of allylic oxidation sites excluding steroid dienone is 1. The lowest BCUT2D eigenvalue weighted by Gasteiger charge is -2.12. The zero-order chi connectivity index (χ0) is 11.5. The third-order valence-electron chi connectivity index (χ3n) is 2.73. The molecule has 1 atom stereocenters. The summed E-state index contributed by atoms with van der Waals surface area (Å²) in [4.78, 5) is 11.0. The van der Waals surface area contributed by atoms with Crippen molar-refractivity contribution in [3.05, 3.63) is 42.0 Å². The van der Waals surface area contributed by atoms with Crippen molar-refractivity contribution in [3.8, 4) is 5.75 Å². The zero-order valence-electron chi connectivity index (χ0n) is 9.64. The summed E-state index contributed by atoms with van der Waals surface area (Å²) in [6, 6.07) is 8.07. The summed E-state index contributed by atoms with van der Waals surface area (Å²) in [5, 5.41) is 0. The first kappa shape index (κ1) is 10.9. The van der Waals surface area contributed by atoms with Crippen molar-refractivity contribution >= 4 is 5.78 Å². The number of hydrogen-bond acceptors (Lipinski definition) is 2. The Morgan fingerprint density at radius 1 is 1.25 bits per heavy atom. The van der Waals surface area contributed by atoms with Gasteiger partial charge in [-0.3, -0.25) is 4.79 Å². The topological polar surface area (TPSA) is 26.3 Å². The van der Waals surface area contributed by atoms with E-state index in [2.05, 4.69) is 26.0 Å². The molecule has 16 heavy (non-hydrogen) atoms. The van der Waals surface area contributed by atoms with Gasteiger partial charge in [-0.05, 0) is 35.8 Å². The zero-order valence-corrected chi connectivity index (χ0v) is 9.64. The number of carbonyl (C=O) groups excluding carboxylic acids is 1. The van der Waals surface area contributed by atoms with E-state index >= 15 is 0 Å². The standard InChI is InChI=1S/C14H16O2/c1-10(2)11-3-6-13(7-4-11)16-14-8-5-12(15)9-14/h3-8,10,14H,9H2,1-2H3/t14-/m0/s1. The van der Waals surface area contributed by atoms with Crippen LogP contribution in [0.15, 0.2) is 36.4 Å². The van der Waals surface area contributed by atoms with E-state index in [1.165, 1.54) is 5.56 Å². The molecule has 0 aromatic heterocycles. The fourth-order valence-electron chi connectivity index (χ4n) is 1.74. The molecule has 2 heteroatoms. The average Bonchev–Trinajstić information content (AvgIpc) is 2.65. The highest BCUT2D eigenvalue weighted by molar-refractivity contribution is 5.92. The monoisotopic (exact) mass is 216 g/mol. The Morgan fingerprint density at radius 3 is 2.44 bits per heavy atom. The number of hydrogen-bond donors (Lipinski definition) is 0. The molecule has 0 amide bonds. The molecule has 1 aromatic rings. The Labute approximate surface area is 95.9 Å². The fourth-order valence-corrected chi connectivity index (χ4v) is 1.74. The quantitative estimate of drug-likeness (QED) is 0.776. The summed E-state index contributed by atoms with van der Waals surface area (Å²) in [6.45, 7) is 4.32. The highest BCUT2D eigenvalue weighted by atomic mass is 16.5. The molecule has 0 aliphatic heterocycles. The second-order valence-corrected chi connectivity index (χ2v) is 4.41. The van der Waals surface area contributed by atoms with E-state index in [1.54, 1.807) is 6.08 Å². The molecule has 1 aliphatic rings.